The van der Waals surface area contributed by atoms with Gasteiger partial charge in [0.2, 0.25) is 5.88 Å². The molecule has 1 heterocycles. The van der Waals surface area contributed by atoms with Crippen LogP contribution in [0.5, 0.6) is 5.88 Å². The molecule has 0 aliphatic carbocycles. The maximum absolute atomic E-state index is 5.28. The Kier molecular flexibility index (Phi) is 4.70. The zero-order valence-corrected chi connectivity index (χ0v) is 8.95. The van der Waals surface area contributed by atoms with Crippen LogP contribution in [0.3, 0.4) is 0 Å². The molecule has 0 atom stereocenters. The van der Waals surface area contributed by atoms with Crippen LogP contribution in [0.4, 0.5) is 0 Å². The molecule has 0 aromatic carbocycles. The molecule has 1 aromatic heterocycles. The van der Waals surface area contributed by atoms with E-state index >= 15 is 0 Å². The average molecular weight is 247 g/mol. The van der Waals surface area contributed by atoms with Crippen molar-refractivity contribution in [2.75, 3.05) is 19.8 Å². The second-order valence-electron chi connectivity index (χ2n) is 2.22. The Bertz CT molecular complexity index is 258. The fourth-order valence-electron chi connectivity index (χ4n) is 0.746. The van der Waals surface area contributed by atoms with Crippen molar-refractivity contribution in [1.82, 2.24) is 9.97 Å². The highest BCUT2D eigenvalue weighted by atomic mass is 79.9. The Hall–Kier alpha value is -0.680. The van der Waals surface area contributed by atoms with Crippen LogP contribution in [0.25, 0.3) is 0 Å². The predicted molar refractivity (Wildman–Crippen MR) is 51.7 cm³/mol. The van der Waals surface area contributed by atoms with Gasteiger partial charge in [0.05, 0.1) is 6.61 Å². The Morgan fingerprint density at radius 3 is 2.92 bits per heavy atom. The molecule has 0 saturated heterocycles. The van der Waals surface area contributed by atoms with E-state index in [9.17, 15) is 0 Å². The first kappa shape index (κ1) is 10.4. The lowest BCUT2D eigenvalue weighted by Gasteiger charge is -2.04. The molecular formula is C8H11BrN2O2. The number of halogens is 1. The monoisotopic (exact) mass is 246 g/mol. The molecule has 72 valence electrons. The van der Waals surface area contributed by atoms with Crippen LogP contribution < -0.4 is 4.74 Å². The molecule has 1 aromatic rings. The molecule has 5 heteroatoms. The summed E-state index contributed by atoms with van der Waals surface area (Å²) in [7, 11) is 0. The van der Waals surface area contributed by atoms with E-state index in [1.54, 1.807) is 6.07 Å². The lowest BCUT2D eigenvalue weighted by atomic mass is 10.6. The topological polar surface area (TPSA) is 44.2 Å². The molecule has 13 heavy (non-hydrogen) atoms. The SMILES string of the molecule is CCOCCOc1cc(Br)ncn1. The number of hydrogen-bond acceptors (Lipinski definition) is 4. The molecule has 0 fully saturated rings. The standard InChI is InChI=1S/C8H11BrN2O2/c1-2-12-3-4-13-8-5-7(9)10-6-11-8/h5-6H,2-4H2,1H3. The largest absolute Gasteiger partial charge is 0.475 e. The van der Waals surface area contributed by atoms with E-state index in [2.05, 4.69) is 25.9 Å². The highest BCUT2D eigenvalue weighted by Gasteiger charge is 1.96. The first-order chi connectivity index (χ1) is 6.33. The molecule has 0 N–H and O–H groups in total. The molecule has 0 amide bonds. The first-order valence-electron chi connectivity index (χ1n) is 4.01. The fourth-order valence-corrected chi connectivity index (χ4v) is 1.03. The summed E-state index contributed by atoms with van der Waals surface area (Å²) in [4.78, 5) is 7.80. The molecule has 0 radical (unpaired) electrons. The maximum Gasteiger partial charge on any atom is 0.217 e. The smallest absolute Gasteiger partial charge is 0.217 e. The summed E-state index contributed by atoms with van der Waals surface area (Å²) in [6.45, 7) is 3.74. The van der Waals surface area contributed by atoms with Crippen molar-refractivity contribution in [2.45, 2.75) is 6.92 Å². The summed E-state index contributed by atoms with van der Waals surface area (Å²) in [5.41, 5.74) is 0. The fraction of sp³-hybridized carbons (Fsp3) is 0.500. The lowest BCUT2D eigenvalue weighted by molar-refractivity contribution is 0.108. The van der Waals surface area contributed by atoms with Crippen molar-refractivity contribution >= 4 is 15.9 Å². The zero-order valence-electron chi connectivity index (χ0n) is 7.36. The van der Waals surface area contributed by atoms with Crippen LogP contribution in [-0.4, -0.2) is 29.8 Å². The summed E-state index contributed by atoms with van der Waals surface area (Å²) in [5.74, 6) is 0.557. The maximum atomic E-state index is 5.28. The van der Waals surface area contributed by atoms with Crippen molar-refractivity contribution in [2.24, 2.45) is 0 Å². The predicted octanol–water partition coefficient (Wildman–Crippen LogP) is 1.65. The molecule has 0 saturated carbocycles. The first-order valence-corrected chi connectivity index (χ1v) is 4.80. The van der Waals surface area contributed by atoms with Crippen molar-refractivity contribution < 1.29 is 9.47 Å². The van der Waals surface area contributed by atoms with Gasteiger partial charge in [-0.3, -0.25) is 0 Å². The van der Waals surface area contributed by atoms with Crippen LogP contribution >= 0.6 is 15.9 Å². The van der Waals surface area contributed by atoms with E-state index in [1.807, 2.05) is 6.92 Å². The van der Waals surface area contributed by atoms with Gasteiger partial charge in [-0.1, -0.05) is 0 Å². The zero-order chi connectivity index (χ0) is 9.52. The summed E-state index contributed by atoms with van der Waals surface area (Å²) < 4.78 is 11.1. The molecule has 1 rings (SSSR count). The van der Waals surface area contributed by atoms with E-state index < -0.39 is 0 Å². The molecule has 0 bridgehead atoms. The third-order valence-electron chi connectivity index (χ3n) is 1.29. The molecule has 0 unspecified atom stereocenters. The van der Waals surface area contributed by atoms with Gasteiger partial charge in [-0.2, -0.15) is 0 Å². The van der Waals surface area contributed by atoms with Crippen LogP contribution in [0.1, 0.15) is 6.92 Å². The highest BCUT2D eigenvalue weighted by molar-refractivity contribution is 9.10. The third-order valence-corrected chi connectivity index (χ3v) is 1.72. The second-order valence-corrected chi connectivity index (χ2v) is 3.04. The summed E-state index contributed by atoms with van der Waals surface area (Å²) in [5, 5.41) is 0. The number of aromatic nitrogens is 2. The molecule has 4 nitrogen and oxygen atoms in total. The van der Waals surface area contributed by atoms with Gasteiger partial charge in [0.1, 0.15) is 17.5 Å². The number of ether oxygens (including phenoxy) is 2. The average Bonchev–Trinajstić information content (AvgIpc) is 2.13. The Morgan fingerprint density at radius 2 is 2.23 bits per heavy atom. The van der Waals surface area contributed by atoms with E-state index in [-0.39, 0.29) is 0 Å². The van der Waals surface area contributed by atoms with Gasteiger partial charge < -0.3 is 9.47 Å². The quantitative estimate of drug-likeness (QED) is 0.586. The second kappa shape index (κ2) is 5.88. The van der Waals surface area contributed by atoms with E-state index in [0.717, 1.165) is 0 Å². The molecule has 0 aliphatic heterocycles. The Labute approximate surface area is 85.4 Å². The van der Waals surface area contributed by atoms with Crippen LogP contribution in [0.2, 0.25) is 0 Å². The van der Waals surface area contributed by atoms with E-state index in [1.165, 1.54) is 6.33 Å². The summed E-state index contributed by atoms with van der Waals surface area (Å²) in [6, 6.07) is 1.71. The van der Waals surface area contributed by atoms with Gasteiger partial charge >= 0.3 is 0 Å². The van der Waals surface area contributed by atoms with E-state index in [4.69, 9.17) is 9.47 Å². The number of nitrogens with zero attached hydrogens (tertiary/aromatic N) is 2. The molecule has 0 aliphatic rings. The van der Waals surface area contributed by atoms with Gasteiger partial charge in [-0.15, -0.1) is 0 Å². The minimum atomic E-state index is 0.511. The number of hydrogen-bond donors (Lipinski definition) is 0. The van der Waals surface area contributed by atoms with E-state index in [0.29, 0.717) is 30.3 Å². The Balaban J connectivity index is 2.28. The number of rotatable bonds is 5. The van der Waals surface area contributed by atoms with Crippen molar-refractivity contribution in [3.8, 4) is 5.88 Å². The minimum Gasteiger partial charge on any atom is -0.475 e. The van der Waals surface area contributed by atoms with Crippen LogP contribution in [0, 0.1) is 0 Å². The molecule has 0 spiro atoms. The van der Waals surface area contributed by atoms with Gasteiger partial charge in [0.15, 0.2) is 0 Å². The van der Waals surface area contributed by atoms with Gasteiger partial charge in [-0.25, -0.2) is 9.97 Å². The van der Waals surface area contributed by atoms with Gasteiger partial charge in [0, 0.05) is 12.7 Å². The van der Waals surface area contributed by atoms with Crippen LogP contribution in [0.15, 0.2) is 17.0 Å². The summed E-state index contributed by atoms with van der Waals surface area (Å²) in [6.07, 6.45) is 1.44. The molecular weight excluding hydrogens is 236 g/mol. The lowest BCUT2D eigenvalue weighted by Crippen LogP contribution is -2.07. The van der Waals surface area contributed by atoms with Crippen molar-refractivity contribution in [1.29, 1.82) is 0 Å². The highest BCUT2D eigenvalue weighted by Crippen LogP contribution is 2.11. The summed E-state index contributed by atoms with van der Waals surface area (Å²) >= 11 is 3.22. The van der Waals surface area contributed by atoms with Crippen molar-refractivity contribution in [3.63, 3.8) is 0 Å². The van der Waals surface area contributed by atoms with Gasteiger partial charge in [-0.05, 0) is 22.9 Å². The Morgan fingerprint density at radius 1 is 1.38 bits per heavy atom. The normalized spacial score (nSPS) is 10.0. The van der Waals surface area contributed by atoms with Crippen molar-refractivity contribution in [3.05, 3.63) is 17.0 Å². The van der Waals surface area contributed by atoms with Crippen LogP contribution in [-0.2, 0) is 4.74 Å². The third kappa shape index (κ3) is 4.19. The van der Waals surface area contributed by atoms with Gasteiger partial charge in [0.25, 0.3) is 0 Å². The minimum absolute atomic E-state index is 0.511.